The molecule has 11 heavy (non-hydrogen) atoms. The molecule has 0 fully saturated rings. The van der Waals surface area contributed by atoms with Crippen LogP contribution in [-0.2, 0) is 4.74 Å². The molecule has 4 heteroatoms. The van der Waals surface area contributed by atoms with Gasteiger partial charge in [0.2, 0.25) is 0 Å². The maximum absolute atomic E-state index is 11.1. The lowest BCUT2D eigenvalue weighted by atomic mass is 10.4. The molecule has 1 aromatic heterocycles. The van der Waals surface area contributed by atoms with Crippen LogP contribution in [0.3, 0.4) is 0 Å². The predicted octanol–water partition coefficient (Wildman–Crippen LogP) is 1.63. The Morgan fingerprint density at radius 2 is 2.64 bits per heavy atom. The quantitative estimate of drug-likeness (QED) is 0.532. The molecule has 0 aromatic carbocycles. The molecule has 1 rings (SSSR count). The number of ether oxygens (including phenoxy) is 1. The summed E-state index contributed by atoms with van der Waals surface area (Å²) in [4.78, 5) is 14.9. The van der Waals surface area contributed by atoms with Crippen LogP contribution in [0.25, 0.3) is 0 Å². The Hall–Kier alpha value is -0.900. The third-order valence-electron chi connectivity index (χ3n) is 1.02. The van der Waals surface area contributed by atoms with Gasteiger partial charge in [0.05, 0.1) is 11.2 Å². The lowest BCUT2D eigenvalue weighted by molar-refractivity contribution is 0.0594. The normalized spacial score (nSPS) is 14.5. The van der Waals surface area contributed by atoms with Gasteiger partial charge in [-0.1, -0.05) is 6.07 Å². The van der Waals surface area contributed by atoms with E-state index in [1.807, 2.05) is 0 Å². The largest absolute Gasteiger partial charge is 0.464 e. The summed E-state index contributed by atoms with van der Waals surface area (Å²) in [6.45, 7) is 0. The first-order valence-electron chi connectivity index (χ1n) is 4.24. The number of hydrogen-bond acceptors (Lipinski definition) is 3. The van der Waals surface area contributed by atoms with E-state index in [4.69, 9.17) is 4.11 Å². The van der Waals surface area contributed by atoms with Crippen molar-refractivity contribution < 1.29 is 13.6 Å². The summed E-state index contributed by atoms with van der Waals surface area (Å²) in [7, 11) is -2.74. The highest BCUT2D eigenvalue weighted by atomic mass is 79.9. The Morgan fingerprint density at radius 1 is 1.82 bits per heavy atom. The van der Waals surface area contributed by atoms with E-state index < -0.39 is 13.0 Å². The van der Waals surface area contributed by atoms with Gasteiger partial charge >= 0.3 is 5.97 Å². The van der Waals surface area contributed by atoms with Gasteiger partial charge in [-0.2, -0.15) is 0 Å². The molecule has 0 saturated carbocycles. The van der Waals surface area contributed by atoms with Crippen molar-refractivity contribution >= 4 is 21.9 Å². The molecule has 0 saturated heterocycles. The molecule has 1 heterocycles. The van der Waals surface area contributed by atoms with E-state index in [2.05, 4.69) is 25.7 Å². The fourth-order valence-corrected chi connectivity index (χ4v) is 0.918. The van der Waals surface area contributed by atoms with E-state index in [-0.39, 0.29) is 5.69 Å². The van der Waals surface area contributed by atoms with Crippen LogP contribution in [0.2, 0.25) is 0 Å². The van der Waals surface area contributed by atoms with Gasteiger partial charge in [-0.15, -0.1) is 0 Å². The maximum Gasteiger partial charge on any atom is 0.356 e. The number of pyridine rings is 1. The molecule has 0 unspecified atom stereocenters. The van der Waals surface area contributed by atoms with Crippen molar-refractivity contribution in [1.82, 2.24) is 4.98 Å². The average molecular weight is 219 g/mol. The number of nitrogens with zero attached hydrogens (tertiary/aromatic N) is 1. The molecule has 0 amide bonds. The first-order valence-corrected chi connectivity index (χ1v) is 3.54. The fraction of sp³-hybridized carbons (Fsp3) is 0.143. The van der Waals surface area contributed by atoms with Gasteiger partial charge in [-0.05, 0) is 28.1 Å². The molecule has 0 radical (unpaired) electrons. The first kappa shape index (κ1) is 4.87. The monoisotopic (exact) mass is 218 g/mol. The van der Waals surface area contributed by atoms with Crippen LogP contribution in [0.5, 0.6) is 0 Å². The van der Waals surface area contributed by atoms with E-state index in [9.17, 15) is 4.79 Å². The minimum Gasteiger partial charge on any atom is -0.464 e. The summed E-state index contributed by atoms with van der Waals surface area (Å²) < 4.78 is 24.7. The zero-order valence-electron chi connectivity index (χ0n) is 8.37. The topological polar surface area (TPSA) is 39.2 Å². The highest BCUT2D eigenvalue weighted by Gasteiger charge is 2.05. The smallest absolute Gasteiger partial charge is 0.356 e. The van der Waals surface area contributed by atoms with E-state index >= 15 is 0 Å². The number of aromatic nitrogens is 1. The summed E-state index contributed by atoms with van der Waals surface area (Å²) >= 11 is 3.05. The van der Waals surface area contributed by atoms with Gasteiger partial charge in [0, 0.05) is 0 Å². The number of carbonyl (C=O) groups is 1. The Bertz CT molecular complexity index is 353. The van der Waals surface area contributed by atoms with Gasteiger partial charge in [-0.3, -0.25) is 0 Å². The van der Waals surface area contributed by atoms with Crippen molar-refractivity contribution in [2.75, 3.05) is 7.04 Å². The highest BCUT2D eigenvalue weighted by Crippen LogP contribution is 2.06. The number of esters is 1. The second kappa shape index (κ2) is 3.48. The summed E-state index contributed by atoms with van der Waals surface area (Å²) in [6, 6.07) is 4.55. The Morgan fingerprint density at radius 3 is 3.27 bits per heavy atom. The predicted molar refractivity (Wildman–Crippen MR) is 43.3 cm³/mol. The number of rotatable bonds is 1. The number of methoxy groups -OCH3 is 1. The minimum atomic E-state index is -2.74. The summed E-state index contributed by atoms with van der Waals surface area (Å²) in [5, 5.41) is 0. The molecule has 3 nitrogen and oxygen atoms in total. The zero-order chi connectivity index (χ0) is 10.8. The van der Waals surface area contributed by atoms with Crippen molar-refractivity contribution in [1.29, 1.82) is 0 Å². The highest BCUT2D eigenvalue weighted by molar-refractivity contribution is 9.10. The second-order valence-corrected chi connectivity index (χ2v) is 2.55. The molecule has 0 spiro atoms. The molecular weight excluding hydrogens is 210 g/mol. The zero-order valence-corrected chi connectivity index (χ0v) is 6.96. The van der Waals surface area contributed by atoms with Crippen LogP contribution in [-0.4, -0.2) is 18.0 Å². The van der Waals surface area contributed by atoms with Crippen LogP contribution in [0.1, 0.15) is 14.6 Å². The molecule has 58 valence electrons. The first-order chi connectivity index (χ1) is 6.38. The van der Waals surface area contributed by atoms with Crippen molar-refractivity contribution in [3.63, 3.8) is 0 Å². The third-order valence-corrected chi connectivity index (χ3v) is 1.46. The van der Waals surface area contributed by atoms with Crippen LogP contribution in [0, 0.1) is 0 Å². The van der Waals surface area contributed by atoms with Crippen LogP contribution >= 0.6 is 15.9 Å². The molecule has 0 atom stereocenters. The van der Waals surface area contributed by atoms with Crippen molar-refractivity contribution in [2.45, 2.75) is 0 Å². The molecule has 0 aliphatic rings. The molecule has 0 aliphatic carbocycles. The van der Waals surface area contributed by atoms with Crippen molar-refractivity contribution in [2.24, 2.45) is 0 Å². The second-order valence-electron chi connectivity index (χ2n) is 1.74. The van der Waals surface area contributed by atoms with Crippen molar-refractivity contribution in [3.05, 3.63) is 28.5 Å². The Kier molecular flexibility index (Phi) is 1.54. The van der Waals surface area contributed by atoms with Gasteiger partial charge < -0.3 is 4.74 Å². The van der Waals surface area contributed by atoms with E-state index in [1.54, 1.807) is 12.1 Å². The van der Waals surface area contributed by atoms with Crippen LogP contribution < -0.4 is 0 Å². The lowest BCUT2D eigenvalue weighted by Gasteiger charge is -1.96. The van der Waals surface area contributed by atoms with E-state index in [0.717, 1.165) is 0 Å². The Balaban J connectivity index is 2.80. The van der Waals surface area contributed by atoms with Crippen LogP contribution in [0.15, 0.2) is 22.8 Å². The fourth-order valence-electron chi connectivity index (χ4n) is 0.574. The summed E-state index contributed by atoms with van der Waals surface area (Å²) in [5.41, 5.74) is -0.0458. The number of carbonyl (C=O) groups excluding carboxylic acids is 1. The van der Waals surface area contributed by atoms with E-state index in [0.29, 0.717) is 4.60 Å². The number of halogens is 1. The molecule has 1 aromatic rings. The number of hydrogen-bond donors (Lipinski definition) is 0. The Labute approximate surface area is 76.7 Å². The molecule has 0 aliphatic heterocycles. The average Bonchev–Trinajstić information content (AvgIpc) is 2.01. The summed E-state index contributed by atoms with van der Waals surface area (Å²) in [6.07, 6.45) is 0. The van der Waals surface area contributed by atoms with E-state index in [1.165, 1.54) is 6.07 Å². The van der Waals surface area contributed by atoms with Gasteiger partial charge in [0.15, 0.2) is 0 Å². The standard InChI is InChI=1S/C7H6BrNO2/c1-11-7(10)5-3-2-4-6(8)9-5/h2-4H,1H3/i1D3. The van der Waals surface area contributed by atoms with Crippen LogP contribution in [0.4, 0.5) is 0 Å². The van der Waals surface area contributed by atoms with Gasteiger partial charge in [0.1, 0.15) is 10.3 Å². The lowest BCUT2D eigenvalue weighted by Crippen LogP contribution is -2.03. The molecule has 0 bridgehead atoms. The third kappa shape index (κ3) is 2.01. The minimum absolute atomic E-state index is 0.0458. The van der Waals surface area contributed by atoms with Crippen molar-refractivity contribution in [3.8, 4) is 0 Å². The summed E-state index contributed by atoms with van der Waals surface area (Å²) in [5.74, 6) is -0.966. The van der Waals surface area contributed by atoms with Gasteiger partial charge in [-0.25, -0.2) is 9.78 Å². The molecule has 0 N–H and O–H groups in total. The van der Waals surface area contributed by atoms with Gasteiger partial charge in [0.25, 0.3) is 0 Å². The maximum atomic E-state index is 11.1. The SMILES string of the molecule is [2H]C([2H])([2H])OC(=O)c1cccc(Br)n1. The molecular formula is C7H6BrNO2.